The Hall–Kier alpha value is -2.43. The molecule has 0 radical (unpaired) electrons. The normalized spacial score (nSPS) is 11.9. The summed E-state index contributed by atoms with van der Waals surface area (Å²) in [6.45, 7) is 7.38. The van der Waals surface area contributed by atoms with Crippen molar-refractivity contribution in [2.75, 3.05) is 6.61 Å². The number of aromatic nitrogens is 2. The highest BCUT2D eigenvalue weighted by Gasteiger charge is 2.08. The molecule has 0 saturated heterocycles. The minimum atomic E-state index is -0.229. The third-order valence-electron chi connectivity index (χ3n) is 6.26. The number of ether oxygens (including phenoxy) is 2. The van der Waals surface area contributed by atoms with Crippen LogP contribution < -0.4 is 9.47 Å². The molecular formula is C29H44N2O3. The van der Waals surface area contributed by atoms with E-state index in [4.69, 9.17) is 9.47 Å². The van der Waals surface area contributed by atoms with Crippen molar-refractivity contribution in [1.29, 1.82) is 0 Å². The van der Waals surface area contributed by atoms with Crippen LogP contribution in [0.15, 0.2) is 36.7 Å². The molecule has 0 bridgehead atoms. The topological polar surface area (TPSA) is 61.3 Å². The molecule has 0 amide bonds. The number of nitrogens with zero attached hydrogens (tertiary/aromatic N) is 2. The van der Waals surface area contributed by atoms with Crippen LogP contribution in [0.1, 0.15) is 104 Å². The highest BCUT2D eigenvalue weighted by Crippen LogP contribution is 2.21. The van der Waals surface area contributed by atoms with Crippen LogP contribution >= 0.6 is 0 Å². The van der Waals surface area contributed by atoms with E-state index >= 15 is 0 Å². The van der Waals surface area contributed by atoms with Gasteiger partial charge >= 0.3 is 5.97 Å². The average Bonchev–Trinajstić information content (AvgIpc) is 2.86. The quantitative estimate of drug-likeness (QED) is 0.163. The maximum atomic E-state index is 12.0. The van der Waals surface area contributed by atoms with Gasteiger partial charge in [-0.25, -0.2) is 9.97 Å². The maximum Gasteiger partial charge on any atom is 0.311 e. The van der Waals surface area contributed by atoms with Gasteiger partial charge in [0.2, 0.25) is 0 Å². The Bertz CT molecular complexity index is 790. The van der Waals surface area contributed by atoms with E-state index in [1.54, 1.807) is 12.4 Å². The van der Waals surface area contributed by atoms with Crippen LogP contribution in [0.5, 0.6) is 11.5 Å². The van der Waals surface area contributed by atoms with E-state index in [0.717, 1.165) is 43.6 Å². The average molecular weight is 469 g/mol. The molecule has 1 aromatic heterocycles. The molecule has 1 atom stereocenters. The molecule has 0 aliphatic carbocycles. The summed E-state index contributed by atoms with van der Waals surface area (Å²) in [5.41, 5.74) is 0.904. The molecule has 1 heterocycles. The highest BCUT2D eigenvalue weighted by atomic mass is 16.5. The summed E-state index contributed by atoms with van der Waals surface area (Å²) in [5.74, 6) is 2.27. The largest absolute Gasteiger partial charge is 0.494 e. The van der Waals surface area contributed by atoms with Crippen molar-refractivity contribution < 1.29 is 14.3 Å². The van der Waals surface area contributed by atoms with Gasteiger partial charge in [0.05, 0.1) is 19.0 Å². The SMILES string of the molecule is CCCCCCCCCCCOc1ccc(-c2ncc(OC(=O)CCCC(C)CC)cn2)cc1. The summed E-state index contributed by atoms with van der Waals surface area (Å²) in [6.07, 6.45) is 18.4. The number of carbonyl (C=O) groups excluding carboxylic acids is 1. The summed E-state index contributed by atoms with van der Waals surface area (Å²) in [6, 6.07) is 7.83. The molecule has 2 aromatic rings. The number of rotatable bonds is 18. The van der Waals surface area contributed by atoms with Gasteiger partial charge in [-0.1, -0.05) is 85.0 Å². The second-order valence-electron chi connectivity index (χ2n) is 9.32. The van der Waals surface area contributed by atoms with Crippen LogP contribution in [-0.4, -0.2) is 22.5 Å². The Morgan fingerprint density at radius 1 is 0.824 bits per heavy atom. The van der Waals surface area contributed by atoms with Crippen LogP contribution in [0.3, 0.4) is 0 Å². The molecule has 1 unspecified atom stereocenters. The molecule has 0 aliphatic heterocycles. The van der Waals surface area contributed by atoms with Gasteiger partial charge in [0, 0.05) is 12.0 Å². The number of hydrogen-bond donors (Lipinski definition) is 0. The zero-order valence-corrected chi connectivity index (χ0v) is 21.6. The van der Waals surface area contributed by atoms with Gasteiger partial charge in [-0.05, 0) is 43.0 Å². The molecule has 0 fully saturated rings. The predicted octanol–water partition coefficient (Wildman–Crippen LogP) is 8.18. The lowest BCUT2D eigenvalue weighted by Gasteiger charge is -2.08. The van der Waals surface area contributed by atoms with Crippen molar-refractivity contribution in [3.8, 4) is 22.9 Å². The zero-order valence-electron chi connectivity index (χ0n) is 21.6. The minimum absolute atomic E-state index is 0.229. The minimum Gasteiger partial charge on any atom is -0.494 e. The third-order valence-corrected chi connectivity index (χ3v) is 6.26. The number of unbranched alkanes of at least 4 members (excludes halogenated alkanes) is 8. The van der Waals surface area contributed by atoms with Gasteiger partial charge < -0.3 is 9.47 Å². The van der Waals surface area contributed by atoms with Crippen LogP contribution in [0.2, 0.25) is 0 Å². The Labute approximate surface area is 206 Å². The van der Waals surface area contributed by atoms with Gasteiger partial charge in [-0.15, -0.1) is 0 Å². The van der Waals surface area contributed by atoms with Crippen molar-refractivity contribution in [2.45, 2.75) is 104 Å². The molecule has 0 aliphatic rings. The van der Waals surface area contributed by atoms with E-state index < -0.39 is 0 Å². The van der Waals surface area contributed by atoms with Crippen LogP contribution in [0.25, 0.3) is 11.4 Å². The van der Waals surface area contributed by atoms with Crippen LogP contribution in [0.4, 0.5) is 0 Å². The van der Waals surface area contributed by atoms with Crippen molar-refractivity contribution in [3.63, 3.8) is 0 Å². The van der Waals surface area contributed by atoms with Gasteiger partial charge in [0.1, 0.15) is 5.75 Å². The van der Waals surface area contributed by atoms with Crippen molar-refractivity contribution in [1.82, 2.24) is 9.97 Å². The molecular weight excluding hydrogens is 424 g/mol. The molecule has 1 aromatic carbocycles. The zero-order chi connectivity index (χ0) is 24.4. The molecule has 5 heteroatoms. The van der Waals surface area contributed by atoms with Crippen LogP contribution in [0, 0.1) is 5.92 Å². The van der Waals surface area contributed by atoms with Crippen LogP contribution in [-0.2, 0) is 4.79 Å². The van der Waals surface area contributed by atoms with Gasteiger partial charge in [-0.3, -0.25) is 4.79 Å². The van der Waals surface area contributed by atoms with Crippen molar-refractivity contribution >= 4 is 5.97 Å². The molecule has 0 N–H and O–H groups in total. The molecule has 34 heavy (non-hydrogen) atoms. The molecule has 5 nitrogen and oxygen atoms in total. The smallest absolute Gasteiger partial charge is 0.311 e. The van der Waals surface area contributed by atoms with Gasteiger partial charge in [-0.2, -0.15) is 0 Å². The second-order valence-corrected chi connectivity index (χ2v) is 9.32. The van der Waals surface area contributed by atoms with E-state index in [9.17, 15) is 4.79 Å². The first-order valence-corrected chi connectivity index (χ1v) is 13.4. The maximum absolute atomic E-state index is 12.0. The lowest BCUT2D eigenvalue weighted by molar-refractivity contribution is -0.134. The van der Waals surface area contributed by atoms with Crippen molar-refractivity contribution in [3.05, 3.63) is 36.7 Å². The number of carbonyl (C=O) groups is 1. The summed E-state index contributed by atoms with van der Waals surface area (Å²) >= 11 is 0. The summed E-state index contributed by atoms with van der Waals surface area (Å²) < 4.78 is 11.2. The van der Waals surface area contributed by atoms with Gasteiger partial charge in [0.25, 0.3) is 0 Å². The monoisotopic (exact) mass is 468 g/mol. The Kier molecular flexibility index (Phi) is 14.0. The molecule has 0 spiro atoms. The highest BCUT2D eigenvalue weighted by molar-refractivity contribution is 5.72. The Morgan fingerprint density at radius 2 is 1.44 bits per heavy atom. The van der Waals surface area contributed by atoms with E-state index in [2.05, 4.69) is 30.7 Å². The van der Waals surface area contributed by atoms with E-state index in [1.165, 1.54) is 51.4 Å². The first-order chi connectivity index (χ1) is 16.6. The number of hydrogen-bond acceptors (Lipinski definition) is 5. The van der Waals surface area contributed by atoms with Crippen molar-refractivity contribution in [2.24, 2.45) is 5.92 Å². The summed E-state index contributed by atoms with van der Waals surface area (Å²) in [4.78, 5) is 20.7. The first-order valence-electron chi connectivity index (χ1n) is 13.4. The molecule has 2 rings (SSSR count). The third kappa shape index (κ3) is 11.6. The lowest BCUT2D eigenvalue weighted by atomic mass is 10.0. The number of benzene rings is 1. The standard InChI is InChI=1S/C29H44N2O3/c1-4-6-7-8-9-10-11-12-13-21-33-26-19-17-25(18-20-26)29-30-22-27(23-31-29)34-28(32)16-14-15-24(3)5-2/h17-20,22-24H,4-16,21H2,1-3H3. The Balaban J connectivity index is 1.65. The fourth-order valence-corrected chi connectivity index (χ4v) is 3.80. The second kappa shape index (κ2) is 17.1. The molecule has 0 saturated carbocycles. The van der Waals surface area contributed by atoms with E-state index in [1.807, 2.05) is 24.3 Å². The predicted molar refractivity (Wildman–Crippen MR) is 139 cm³/mol. The molecule has 188 valence electrons. The summed E-state index contributed by atoms with van der Waals surface area (Å²) in [5, 5.41) is 0. The van der Waals surface area contributed by atoms with E-state index in [-0.39, 0.29) is 5.97 Å². The van der Waals surface area contributed by atoms with Gasteiger partial charge in [0.15, 0.2) is 11.6 Å². The summed E-state index contributed by atoms with van der Waals surface area (Å²) in [7, 11) is 0. The number of esters is 1. The first kappa shape index (κ1) is 27.8. The van der Waals surface area contributed by atoms with E-state index in [0.29, 0.717) is 23.9 Å². The Morgan fingerprint density at radius 3 is 2.06 bits per heavy atom. The fourth-order valence-electron chi connectivity index (χ4n) is 3.80. The fraction of sp³-hybridized carbons (Fsp3) is 0.621. The lowest BCUT2D eigenvalue weighted by Crippen LogP contribution is -2.09.